The molecule has 1 N–H and O–H groups in total. The number of hydrogen-bond acceptors (Lipinski definition) is 6. The van der Waals surface area contributed by atoms with Crippen molar-refractivity contribution in [3.05, 3.63) is 52.4 Å². The summed E-state index contributed by atoms with van der Waals surface area (Å²) in [5, 5.41) is 0. The van der Waals surface area contributed by atoms with Gasteiger partial charge in [-0.25, -0.2) is 9.97 Å². The van der Waals surface area contributed by atoms with E-state index >= 15 is 0 Å². The van der Waals surface area contributed by atoms with Crippen molar-refractivity contribution in [3.8, 4) is 0 Å². The third-order valence-corrected chi connectivity index (χ3v) is 9.58. The number of pyridine rings is 1. The predicted molar refractivity (Wildman–Crippen MR) is 174 cm³/mol. The lowest BCUT2D eigenvalue weighted by Gasteiger charge is -2.42. The van der Waals surface area contributed by atoms with E-state index in [4.69, 9.17) is 9.31 Å². The summed E-state index contributed by atoms with van der Waals surface area (Å²) in [4.78, 5) is 41.0. The Bertz CT molecular complexity index is 1400. The van der Waals surface area contributed by atoms with Crippen molar-refractivity contribution in [1.29, 1.82) is 0 Å². The maximum absolute atomic E-state index is 13.5. The van der Waals surface area contributed by atoms with E-state index < -0.39 is 13.2 Å². The first kappa shape index (κ1) is 33.1. The monoisotopic (exact) mass is 653 g/mol. The zero-order valence-electron chi connectivity index (χ0n) is 26.6. The van der Waals surface area contributed by atoms with Gasteiger partial charge in [-0.05, 0) is 78.6 Å². The second-order valence-electron chi connectivity index (χ2n) is 11.5. The number of nitrogens with zero attached hydrogens (tertiary/aromatic N) is 4. The number of nitrogens with one attached hydrogen (secondary N) is 1. The second-order valence-corrected chi connectivity index (χ2v) is 12.4. The predicted octanol–water partition coefficient (Wildman–Crippen LogP) is 5.66. The van der Waals surface area contributed by atoms with Crippen LogP contribution >= 0.6 is 15.9 Å². The number of imidazole rings is 1. The number of piperazine rings is 1. The van der Waals surface area contributed by atoms with Crippen LogP contribution in [0.3, 0.4) is 0 Å². The van der Waals surface area contributed by atoms with E-state index in [0.29, 0.717) is 25.1 Å². The Morgan fingerprint density at radius 2 is 1.72 bits per heavy atom. The largest absolute Gasteiger partial charge is 0.494 e. The Kier molecular flexibility index (Phi) is 10.7. The van der Waals surface area contributed by atoms with Gasteiger partial charge in [-0.3, -0.25) is 9.59 Å². The van der Waals surface area contributed by atoms with Crippen LogP contribution in [-0.4, -0.2) is 81.1 Å². The van der Waals surface area contributed by atoms with Gasteiger partial charge in [-0.2, -0.15) is 0 Å². The lowest BCUT2D eigenvalue weighted by atomic mass is 9.75. The number of H-pyrrole nitrogens is 1. The van der Waals surface area contributed by atoms with Crippen molar-refractivity contribution < 1.29 is 18.9 Å². The molecule has 2 amide bonds. The molecule has 2 aliphatic rings. The minimum Gasteiger partial charge on any atom is -0.399 e. The van der Waals surface area contributed by atoms with Crippen LogP contribution in [0.15, 0.2) is 41.0 Å². The van der Waals surface area contributed by atoms with E-state index in [1.54, 1.807) is 16.0 Å². The van der Waals surface area contributed by atoms with Crippen molar-refractivity contribution in [2.75, 3.05) is 20.1 Å². The quantitative estimate of drug-likeness (QED) is 0.315. The van der Waals surface area contributed by atoms with Gasteiger partial charge < -0.3 is 24.1 Å². The number of aryl methyl sites for hydroxylation is 1. The fourth-order valence-electron chi connectivity index (χ4n) is 6.59. The highest BCUT2D eigenvalue weighted by Gasteiger charge is 2.58. The van der Waals surface area contributed by atoms with Gasteiger partial charge in [-0.15, -0.1) is 0 Å². The normalized spacial score (nSPS) is 19.5. The molecule has 0 radical (unpaired) electrons. The van der Waals surface area contributed by atoms with E-state index in [1.165, 1.54) is 0 Å². The van der Waals surface area contributed by atoms with Gasteiger partial charge in [0, 0.05) is 36.4 Å². The lowest BCUT2D eigenvalue weighted by Crippen LogP contribution is -2.57. The number of halogens is 1. The van der Waals surface area contributed by atoms with Crippen LogP contribution in [0.4, 0.5) is 0 Å². The van der Waals surface area contributed by atoms with E-state index in [1.807, 2.05) is 51.2 Å². The molecule has 4 heterocycles. The van der Waals surface area contributed by atoms with Crippen molar-refractivity contribution in [2.45, 2.75) is 97.3 Å². The van der Waals surface area contributed by atoms with Crippen LogP contribution in [0, 0.1) is 6.92 Å². The Morgan fingerprint density at radius 3 is 2.33 bits per heavy atom. The van der Waals surface area contributed by atoms with Crippen LogP contribution < -0.4 is 5.46 Å². The van der Waals surface area contributed by atoms with Crippen LogP contribution in [-0.2, 0) is 14.1 Å². The van der Waals surface area contributed by atoms with E-state index in [2.05, 4.69) is 58.6 Å². The van der Waals surface area contributed by atoms with Gasteiger partial charge in [0.15, 0.2) is 5.65 Å². The van der Waals surface area contributed by atoms with E-state index in [0.717, 1.165) is 59.0 Å². The molecule has 11 heteroatoms. The third kappa shape index (κ3) is 6.54. The molecular formula is C32H45BBrN5O4. The Morgan fingerprint density at radius 1 is 1.07 bits per heavy atom. The molecule has 9 nitrogen and oxygen atoms in total. The Hall–Kier alpha value is -2.76. The Balaban J connectivity index is 0.000000319. The highest BCUT2D eigenvalue weighted by molar-refractivity contribution is 9.10. The van der Waals surface area contributed by atoms with Gasteiger partial charge >= 0.3 is 7.12 Å². The molecule has 3 aromatic rings. The number of carbonyl (C=O) groups excluding carboxylic acids is 2. The first-order valence-corrected chi connectivity index (χ1v) is 16.4. The summed E-state index contributed by atoms with van der Waals surface area (Å²) in [5.41, 5.74) is 2.51. The SMILES string of the molecule is CCCC1C(=O)N(C)CCN1C(=O)c1cccc(B2OC(CC)(CC)C(CC)(CC)O2)c1.Cc1nc2ncc(Br)cc2[nH]1. The van der Waals surface area contributed by atoms with Gasteiger partial charge in [0.1, 0.15) is 11.9 Å². The Labute approximate surface area is 264 Å². The molecule has 0 aliphatic carbocycles. The minimum absolute atomic E-state index is 0.0245. The fourth-order valence-corrected chi connectivity index (χ4v) is 6.92. The average molecular weight is 654 g/mol. The van der Waals surface area contributed by atoms with Crippen LogP contribution in [0.25, 0.3) is 11.2 Å². The van der Waals surface area contributed by atoms with Gasteiger partial charge in [0.25, 0.3) is 5.91 Å². The van der Waals surface area contributed by atoms with Gasteiger partial charge in [-0.1, -0.05) is 53.2 Å². The highest BCUT2D eigenvalue weighted by atomic mass is 79.9. The number of carbonyl (C=O) groups is 2. The molecule has 0 spiro atoms. The van der Waals surface area contributed by atoms with Crippen LogP contribution in [0.2, 0.25) is 0 Å². The first-order valence-electron chi connectivity index (χ1n) is 15.6. The fraction of sp³-hybridized carbons (Fsp3) is 0.562. The standard InChI is InChI=1S/C25H39BN2O4.C7H6BrN3/c1-7-13-21-23(30)27(6)16-17-28(21)22(29)19-14-12-15-20(18-19)26-31-24(8-2,9-3)25(10-4,11-5)32-26;1-4-10-6-2-5(8)3-9-7(6)11-4/h12,14-15,18,21H,7-11,13,16-17H2,1-6H3;2-3H,1H3,(H,9,10,11). The zero-order chi connectivity index (χ0) is 31.4. The molecule has 2 saturated heterocycles. The number of fused-ring (bicyclic) bond motifs is 1. The maximum atomic E-state index is 13.5. The molecule has 0 bridgehead atoms. The molecule has 43 heavy (non-hydrogen) atoms. The molecular weight excluding hydrogens is 609 g/mol. The molecule has 2 aromatic heterocycles. The average Bonchev–Trinajstić information content (AvgIpc) is 3.56. The number of likely N-dealkylation sites (N-methyl/N-ethyl adjacent to an activating group) is 1. The number of rotatable bonds is 8. The van der Waals surface area contributed by atoms with E-state index in [9.17, 15) is 9.59 Å². The summed E-state index contributed by atoms with van der Waals surface area (Å²) >= 11 is 3.33. The zero-order valence-corrected chi connectivity index (χ0v) is 28.2. The summed E-state index contributed by atoms with van der Waals surface area (Å²) in [7, 11) is 1.31. The number of aromatic nitrogens is 3. The van der Waals surface area contributed by atoms with Crippen LogP contribution in [0.5, 0.6) is 0 Å². The van der Waals surface area contributed by atoms with Crippen molar-refractivity contribution in [1.82, 2.24) is 24.8 Å². The molecule has 0 saturated carbocycles. The van der Waals surface area contributed by atoms with Gasteiger partial charge in [0.2, 0.25) is 5.91 Å². The van der Waals surface area contributed by atoms with Crippen molar-refractivity contribution in [3.63, 3.8) is 0 Å². The number of hydrogen-bond donors (Lipinski definition) is 1. The first-order chi connectivity index (χ1) is 20.6. The van der Waals surface area contributed by atoms with Crippen LogP contribution in [0.1, 0.15) is 89.3 Å². The summed E-state index contributed by atoms with van der Waals surface area (Å²) < 4.78 is 14.2. The number of amides is 2. The number of aromatic amines is 1. The van der Waals surface area contributed by atoms with Crippen molar-refractivity contribution in [2.24, 2.45) is 0 Å². The summed E-state index contributed by atoms with van der Waals surface area (Å²) in [6.07, 6.45) is 6.77. The molecule has 5 rings (SSSR count). The third-order valence-electron chi connectivity index (χ3n) is 9.15. The van der Waals surface area contributed by atoms with Crippen molar-refractivity contribution >= 4 is 51.5 Å². The summed E-state index contributed by atoms with van der Waals surface area (Å²) in [5.74, 6) is 0.821. The molecule has 2 fully saturated rings. The molecule has 1 atom stereocenters. The highest BCUT2D eigenvalue weighted by Crippen LogP contribution is 2.46. The number of benzene rings is 1. The molecule has 2 aliphatic heterocycles. The molecule has 1 aromatic carbocycles. The molecule has 232 valence electrons. The smallest absolute Gasteiger partial charge is 0.399 e. The topological polar surface area (TPSA) is 101 Å². The summed E-state index contributed by atoms with van der Waals surface area (Å²) in [6, 6.07) is 9.14. The summed E-state index contributed by atoms with van der Waals surface area (Å²) in [6.45, 7) is 13.7. The van der Waals surface area contributed by atoms with E-state index in [-0.39, 0.29) is 23.0 Å². The second kappa shape index (κ2) is 13.9. The van der Waals surface area contributed by atoms with Gasteiger partial charge in [0.05, 0.1) is 16.7 Å². The minimum atomic E-state index is -0.497. The maximum Gasteiger partial charge on any atom is 0.494 e. The molecule has 1 unspecified atom stereocenters. The lowest BCUT2D eigenvalue weighted by molar-refractivity contribution is -0.138.